The van der Waals surface area contributed by atoms with Gasteiger partial charge in [-0.3, -0.25) is 0 Å². The maximum atomic E-state index is 5.60. The van der Waals surface area contributed by atoms with Crippen LogP contribution < -0.4 is 14.8 Å². The molecule has 1 N–H and O–H groups in total. The molecule has 0 aliphatic carbocycles. The summed E-state index contributed by atoms with van der Waals surface area (Å²) in [5, 5.41) is 3.28. The van der Waals surface area contributed by atoms with Crippen molar-refractivity contribution in [2.75, 3.05) is 25.6 Å². The Hall–Kier alpha value is -2.16. The highest BCUT2D eigenvalue weighted by atomic mass is 16.5. The topological polar surface area (TPSA) is 30.5 Å². The molecule has 3 nitrogen and oxygen atoms in total. The molecule has 0 saturated carbocycles. The second-order valence-corrected chi connectivity index (χ2v) is 3.79. The van der Waals surface area contributed by atoms with Gasteiger partial charge in [0, 0.05) is 6.54 Å². The minimum Gasteiger partial charge on any atom is -0.495 e. The third-order valence-electron chi connectivity index (χ3n) is 2.54. The number of anilines is 1. The first-order chi connectivity index (χ1) is 8.90. The number of hydrogen-bond donors (Lipinski definition) is 1. The molecule has 0 fully saturated rings. The number of benzene rings is 2. The van der Waals surface area contributed by atoms with Gasteiger partial charge in [-0.15, -0.1) is 0 Å². The summed E-state index contributed by atoms with van der Waals surface area (Å²) in [4.78, 5) is 0. The molecule has 2 aromatic rings. The second kappa shape index (κ2) is 6.55. The van der Waals surface area contributed by atoms with E-state index in [1.807, 2.05) is 54.6 Å². The van der Waals surface area contributed by atoms with E-state index in [1.54, 1.807) is 7.11 Å². The quantitative estimate of drug-likeness (QED) is 0.790. The van der Waals surface area contributed by atoms with Crippen LogP contribution in [-0.4, -0.2) is 20.3 Å². The zero-order valence-electron chi connectivity index (χ0n) is 10.4. The van der Waals surface area contributed by atoms with Crippen molar-refractivity contribution in [2.24, 2.45) is 0 Å². The smallest absolute Gasteiger partial charge is 0.141 e. The van der Waals surface area contributed by atoms with E-state index < -0.39 is 0 Å². The molecule has 0 unspecified atom stereocenters. The van der Waals surface area contributed by atoms with Crippen LogP contribution in [0.25, 0.3) is 0 Å². The van der Waals surface area contributed by atoms with Crippen LogP contribution in [0.4, 0.5) is 5.69 Å². The van der Waals surface area contributed by atoms with Crippen LogP contribution in [-0.2, 0) is 0 Å². The molecule has 0 bridgehead atoms. The molecule has 0 radical (unpaired) electrons. The van der Waals surface area contributed by atoms with E-state index in [9.17, 15) is 0 Å². The van der Waals surface area contributed by atoms with Gasteiger partial charge in [-0.2, -0.15) is 0 Å². The molecule has 0 saturated heterocycles. The molecule has 2 aromatic carbocycles. The first-order valence-electron chi connectivity index (χ1n) is 5.95. The Balaban J connectivity index is 1.78. The van der Waals surface area contributed by atoms with E-state index in [0.717, 1.165) is 23.7 Å². The van der Waals surface area contributed by atoms with Gasteiger partial charge in [-0.05, 0) is 24.3 Å². The van der Waals surface area contributed by atoms with Crippen molar-refractivity contribution in [3.8, 4) is 11.5 Å². The molecule has 94 valence electrons. The minimum atomic E-state index is 0.613. The van der Waals surface area contributed by atoms with Gasteiger partial charge in [-0.25, -0.2) is 0 Å². The Morgan fingerprint density at radius 1 is 0.944 bits per heavy atom. The first-order valence-corrected chi connectivity index (χ1v) is 5.95. The Labute approximate surface area is 107 Å². The zero-order valence-corrected chi connectivity index (χ0v) is 10.4. The number of methoxy groups -OCH3 is 1. The molecule has 18 heavy (non-hydrogen) atoms. The lowest BCUT2D eigenvalue weighted by Crippen LogP contribution is -2.11. The van der Waals surface area contributed by atoms with Crippen molar-refractivity contribution in [3.05, 3.63) is 54.6 Å². The summed E-state index contributed by atoms with van der Waals surface area (Å²) in [5.41, 5.74) is 0.983. The van der Waals surface area contributed by atoms with Crippen molar-refractivity contribution in [3.63, 3.8) is 0 Å². The summed E-state index contributed by atoms with van der Waals surface area (Å²) < 4.78 is 10.9. The number of nitrogens with one attached hydrogen (secondary N) is 1. The lowest BCUT2D eigenvalue weighted by Gasteiger charge is -2.11. The van der Waals surface area contributed by atoms with Crippen molar-refractivity contribution in [2.45, 2.75) is 0 Å². The van der Waals surface area contributed by atoms with Gasteiger partial charge in [0.2, 0.25) is 0 Å². The van der Waals surface area contributed by atoms with Gasteiger partial charge < -0.3 is 14.8 Å². The Kier molecular flexibility index (Phi) is 4.47. The summed E-state index contributed by atoms with van der Waals surface area (Å²) in [6.07, 6.45) is 0. The molecule has 0 atom stereocenters. The van der Waals surface area contributed by atoms with Gasteiger partial charge >= 0.3 is 0 Å². The summed E-state index contributed by atoms with van der Waals surface area (Å²) in [6, 6.07) is 17.6. The molecule has 3 heteroatoms. The number of rotatable bonds is 6. The van der Waals surface area contributed by atoms with Crippen molar-refractivity contribution < 1.29 is 9.47 Å². The number of ether oxygens (including phenoxy) is 2. The molecular weight excluding hydrogens is 226 g/mol. The molecule has 2 rings (SSSR count). The predicted molar refractivity (Wildman–Crippen MR) is 73.4 cm³/mol. The van der Waals surface area contributed by atoms with E-state index in [2.05, 4.69) is 5.32 Å². The van der Waals surface area contributed by atoms with E-state index in [1.165, 1.54) is 0 Å². The average molecular weight is 243 g/mol. The summed E-state index contributed by atoms with van der Waals surface area (Å²) >= 11 is 0. The van der Waals surface area contributed by atoms with Crippen LogP contribution in [0.5, 0.6) is 11.5 Å². The Bertz CT molecular complexity index is 471. The van der Waals surface area contributed by atoms with Crippen LogP contribution in [0, 0.1) is 0 Å². The fourth-order valence-electron chi connectivity index (χ4n) is 1.66. The van der Waals surface area contributed by atoms with Crippen molar-refractivity contribution >= 4 is 5.69 Å². The fraction of sp³-hybridized carbons (Fsp3) is 0.200. The SMILES string of the molecule is COc1ccccc1NCCOc1ccccc1. The monoisotopic (exact) mass is 243 g/mol. The molecule has 0 aliphatic rings. The average Bonchev–Trinajstić information content (AvgIpc) is 2.45. The lowest BCUT2D eigenvalue weighted by atomic mass is 10.3. The van der Waals surface area contributed by atoms with Crippen molar-refractivity contribution in [1.29, 1.82) is 0 Å². The number of hydrogen-bond acceptors (Lipinski definition) is 3. The van der Waals surface area contributed by atoms with Crippen LogP contribution in [0.2, 0.25) is 0 Å². The van der Waals surface area contributed by atoms with Gasteiger partial charge in [0.15, 0.2) is 0 Å². The molecule has 0 amide bonds. The van der Waals surface area contributed by atoms with Gasteiger partial charge in [0.05, 0.1) is 12.8 Å². The Morgan fingerprint density at radius 2 is 1.67 bits per heavy atom. The van der Waals surface area contributed by atoms with Crippen molar-refractivity contribution in [1.82, 2.24) is 0 Å². The highest BCUT2D eigenvalue weighted by molar-refractivity contribution is 5.56. The van der Waals surface area contributed by atoms with E-state index >= 15 is 0 Å². The Morgan fingerprint density at radius 3 is 2.44 bits per heavy atom. The van der Waals surface area contributed by atoms with E-state index in [0.29, 0.717) is 6.61 Å². The largest absolute Gasteiger partial charge is 0.495 e. The normalized spacial score (nSPS) is 9.83. The first kappa shape index (κ1) is 12.3. The zero-order chi connectivity index (χ0) is 12.6. The lowest BCUT2D eigenvalue weighted by molar-refractivity contribution is 0.332. The van der Waals surface area contributed by atoms with E-state index in [4.69, 9.17) is 9.47 Å². The third kappa shape index (κ3) is 3.42. The predicted octanol–water partition coefficient (Wildman–Crippen LogP) is 3.19. The molecular formula is C15H17NO2. The fourth-order valence-corrected chi connectivity index (χ4v) is 1.66. The molecule has 0 heterocycles. The van der Waals surface area contributed by atoms with Crippen LogP contribution >= 0.6 is 0 Å². The standard InChI is InChI=1S/C15H17NO2/c1-17-15-10-6-5-9-14(15)16-11-12-18-13-7-3-2-4-8-13/h2-10,16H,11-12H2,1H3. The third-order valence-corrected chi connectivity index (χ3v) is 2.54. The van der Waals surface area contributed by atoms with Gasteiger partial charge in [0.1, 0.15) is 18.1 Å². The van der Waals surface area contributed by atoms with Gasteiger partial charge in [0.25, 0.3) is 0 Å². The van der Waals surface area contributed by atoms with Crippen LogP contribution in [0.1, 0.15) is 0 Å². The maximum absolute atomic E-state index is 5.60. The molecule has 0 spiro atoms. The molecule has 0 aliphatic heterocycles. The highest BCUT2D eigenvalue weighted by Gasteiger charge is 1.99. The van der Waals surface area contributed by atoms with E-state index in [-0.39, 0.29) is 0 Å². The summed E-state index contributed by atoms with van der Waals surface area (Å²) in [7, 11) is 1.67. The highest BCUT2D eigenvalue weighted by Crippen LogP contribution is 2.22. The minimum absolute atomic E-state index is 0.613. The number of para-hydroxylation sites is 3. The second-order valence-electron chi connectivity index (χ2n) is 3.79. The summed E-state index contributed by atoms with van der Waals surface area (Å²) in [6.45, 7) is 1.34. The summed E-state index contributed by atoms with van der Waals surface area (Å²) in [5.74, 6) is 1.73. The van der Waals surface area contributed by atoms with Gasteiger partial charge in [-0.1, -0.05) is 30.3 Å². The van der Waals surface area contributed by atoms with Crippen LogP contribution in [0.15, 0.2) is 54.6 Å². The maximum Gasteiger partial charge on any atom is 0.141 e. The molecule has 0 aromatic heterocycles. The van der Waals surface area contributed by atoms with Crippen LogP contribution in [0.3, 0.4) is 0 Å².